The normalized spacial score (nSPS) is 13.5. The quantitative estimate of drug-likeness (QED) is 0.625. The fourth-order valence-corrected chi connectivity index (χ4v) is 3.32. The van der Waals surface area contributed by atoms with E-state index in [1.165, 1.54) is 5.56 Å². The Balaban J connectivity index is 2.10. The first-order chi connectivity index (χ1) is 10.1. The van der Waals surface area contributed by atoms with Crippen molar-refractivity contribution in [3.63, 3.8) is 0 Å². The van der Waals surface area contributed by atoms with Crippen molar-refractivity contribution < 1.29 is 4.79 Å². The Labute approximate surface area is 130 Å². The summed E-state index contributed by atoms with van der Waals surface area (Å²) in [6, 6.07) is 12.2. The molecule has 2 heterocycles. The number of carbonyl (C=O) groups is 1. The summed E-state index contributed by atoms with van der Waals surface area (Å²) in [5, 5.41) is 4.09. The summed E-state index contributed by atoms with van der Waals surface area (Å²) >= 11 is 3.51. The molecule has 0 atom stereocenters. The molecule has 0 saturated heterocycles. The van der Waals surface area contributed by atoms with Crippen molar-refractivity contribution in [3.05, 3.63) is 52.0 Å². The van der Waals surface area contributed by atoms with Crippen LogP contribution in [0.5, 0.6) is 0 Å². The molecule has 4 heteroatoms. The van der Waals surface area contributed by atoms with Gasteiger partial charge in [0, 0.05) is 20.9 Å². The van der Waals surface area contributed by atoms with Gasteiger partial charge < -0.3 is 10.3 Å². The first-order valence-corrected chi connectivity index (χ1v) is 7.62. The van der Waals surface area contributed by atoms with Gasteiger partial charge in [0.2, 0.25) is 5.91 Å². The summed E-state index contributed by atoms with van der Waals surface area (Å²) in [6.45, 7) is 2.06. The Bertz CT molecular complexity index is 895. The lowest BCUT2D eigenvalue weighted by molar-refractivity contribution is -0.115. The number of benzene rings is 2. The van der Waals surface area contributed by atoms with Gasteiger partial charge in [-0.3, -0.25) is 4.79 Å². The Hall–Kier alpha value is -2.07. The van der Waals surface area contributed by atoms with Crippen molar-refractivity contribution in [2.24, 2.45) is 0 Å². The second-order valence-corrected chi connectivity index (χ2v) is 6.36. The molecule has 21 heavy (non-hydrogen) atoms. The predicted octanol–water partition coefficient (Wildman–Crippen LogP) is 4.40. The van der Waals surface area contributed by atoms with Crippen LogP contribution in [-0.2, 0) is 11.2 Å². The van der Waals surface area contributed by atoms with E-state index in [2.05, 4.69) is 45.3 Å². The first kappa shape index (κ1) is 12.7. The lowest BCUT2D eigenvalue weighted by atomic mass is 10.0. The number of aromatic amines is 1. The monoisotopic (exact) mass is 340 g/mol. The molecular formula is C17H13BrN2O. The Morgan fingerprint density at radius 3 is 2.86 bits per heavy atom. The number of H-pyrrole nitrogens is 1. The molecular weight excluding hydrogens is 328 g/mol. The highest BCUT2D eigenvalue weighted by atomic mass is 79.9. The number of hydrogen-bond acceptors (Lipinski definition) is 1. The largest absolute Gasteiger partial charge is 0.354 e. The van der Waals surface area contributed by atoms with Gasteiger partial charge in [0.25, 0.3) is 0 Å². The lowest BCUT2D eigenvalue weighted by Crippen LogP contribution is -2.12. The smallest absolute Gasteiger partial charge is 0.228 e. The van der Waals surface area contributed by atoms with E-state index in [9.17, 15) is 4.79 Å². The van der Waals surface area contributed by atoms with Gasteiger partial charge in [-0.15, -0.1) is 0 Å². The topological polar surface area (TPSA) is 44.9 Å². The highest BCUT2D eigenvalue weighted by Gasteiger charge is 2.22. The third kappa shape index (κ3) is 1.98. The summed E-state index contributed by atoms with van der Waals surface area (Å²) in [6.07, 6.45) is 0.388. The number of amides is 1. The molecule has 4 rings (SSSR count). The highest BCUT2D eigenvalue weighted by Crippen LogP contribution is 2.38. The number of rotatable bonds is 0. The van der Waals surface area contributed by atoms with Gasteiger partial charge in [-0.05, 0) is 42.8 Å². The van der Waals surface area contributed by atoms with E-state index in [0.29, 0.717) is 6.42 Å². The van der Waals surface area contributed by atoms with Gasteiger partial charge >= 0.3 is 0 Å². The zero-order chi connectivity index (χ0) is 14.6. The van der Waals surface area contributed by atoms with Gasteiger partial charge in [-0.25, -0.2) is 0 Å². The standard InChI is InChI=1S/C17H13BrN2O/c1-9-2-4-15-13(6-9)17-12(8-16(21)19-15)11-7-10(18)3-5-14(11)20-17/h2-7,20H,8H2,1H3,(H,19,21). The maximum absolute atomic E-state index is 12.2. The van der Waals surface area contributed by atoms with E-state index in [4.69, 9.17) is 0 Å². The molecule has 0 radical (unpaired) electrons. The summed E-state index contributed by atoms with van der Waals surface area (Å²) in [5.41, 5.74) is 6.27. The second kappa shape index (κ2) is 4.46. The number of aryl methyl sites for hydroxylation is 1. The average molecular weight is 341 g/mol. The van der Waals surface area contributed by atoms with Crippen LogP contribution in [-0.4, -0.2) is 10.9 Å². The third-order valence-corrected chi connectivity index (χ3v) is 4.42. The SMILES string of the molecule is Cc1ccc2c(c1)-c1[nH]c3ccc(Br)cc3c1CC(=O)N2. The van der Waals surface area contributed by atoms with Crippen molar-refractivity contribution in [3.8, 4) is 11.3 Å². The van der Waals surface area contributed by atoms with E-state index >= 15 is 0 Å². The van der Waals surface area contributed by atoms with Crippen LogP contribution in [0.1, 0.15) is 11.1 Å². The number of fused-ring (bicyclic) bond motifs is 5. The second-order valence-electron chi connectivity index (χ2n) is 5.44. The van der Waals surface area contributed by atoms with Crippen molar-refractivity contribution in [2.45, 2.75) is 13.3 Å². The summed E-state index contributed by atoms with van der Waals surface area (Å²) in [5.74, 6) is 0.0275. The minimum Gasteiger partial charge on any atom is -0.354 e. The van der Waals surface area contributed by atoms with Crippen LogP contribution >= 0.6 is 15.9 Å². The Morgan fingerprint density at radius 1 is 1.14 bits per heavy atom. The molecule has 0 fully saturated rings. The Kier molecular flexibility index (Phi) is 2.69. The van der Waals surface area contributed by atoms with Gasteiger partial charge in [-0.2, -0.15) is 0 Å². The Morgan fingerprint density at radius 2 is 2.00 bits per heavy atom. The van der Waals surface area contributed by atoms with Gasteiger partial charge in [0.1, 0.15) is 0 Å². The highest BCUT2D eigenvalue weighted by molar-refractivity contribution is 9.10. The minimum absolute atomic E-state index is 0.0275. The van der Waals surface area contributed by atoms with Crippen LogP contribution in [0.15, 0.2) is 40.9 Å². The summed E-state index contributed by atoms with van der Waals surface area (Å²) in [4.78, 5) is 15.7. The van der Waals surface area contributed by atoms with E-state index in [1.54, 1.807) is 0 Å². The summed E-state index contributed by atoms with van der Waals surface area (Å²) in [7, 11) is 0. The van der Waals surface area contributed by atoms with Crippen molar-refractivity contribution in [1.82, 2.24) is 4.98 Å². The number of aromatic nitrogens is 1. The molecule has 1 aliphatic rings. The number of anilines is 1. The first-order valence-electron chi connectivity index (χ1n) is 6.83. The molecule has 0 spiro atoms. The van der Waals surface area contributed by atoms with Crippen LogP contribution in [0.3, 0.4) is 0 Å². The molecule has 1 aromatic heterocycles. The predicted molar refractivity (Wildman–Crippen MR) is 88.5 cm³/mol. The molecule has 0 unspecified atom stereocenters. The van der Waals surface area contributed by atoms with Crippen molar-refractivity contribution in [1.29, 1.82) is 0 Å². The van der Waals surface area contributed by atoms with Crippen LogP contribution in [0, 0.1) is 6.92 Å². The zero-order valence-corrected chi connectivity index (χ0v) is 13.0. The molecule has 104 valence electrons. The molecule has 1 amide bonds. The zero-order valence-electron chi connectivity index (χ0n) is 11.5. The third-order valence-electron chi connectivity index (χ3n) is 3.92. The van der Waals surface area contributed by atoms with E-state index in [0.717, 1.165) is 37.9 Å². The van der Waals surface area contributed by atoms with Gasteiger partial charge in [0.15, 0.2) is 0 Å². The number of hydrogen-bond donors (Lipinski definition) is 2. The molecule has 3 nitrogen and oxygen atoms in total. The number of halogens is 1. The van der Waals surface area contributed by atoms with Crippen molar-refractivity contribution >= 4 is 38.4 Å². The van der Waals surface area contributed by atoms with E-state index in [-0.39, 0.29) is 5.91 Å². The van der Waals surface area contributed by atoms with Crippen LogP contribution in [0.2, 0.25) is 0 Å². The number of carbonyl (C=O) groups excluding carboxylic acids is 1. The van der Waals surface area contributed by atoms with Crippen molar-refractivity contribution in [2.75, 3.05) is 5.32 Å². The average Bonchev–Trinajstić information content (AvgIpc) is 2.72. The molecule has 0 aliphatic carbocycles. The maximum atomic E-state index is 12.2. The molecule has 3 aromatic rings. The van der Waals surface area contributed by atoms with Gasteiger partial charge in [-0.1, -0.05) is 27.6 Å². The lowest BCUT2D eigenvalue weighted by Gasteiger charge is -2.07. The van der Waals surface area contributed by atoms with Crippen LogP contribution in [0.4, 0.5) is 5.69 Å². The van der Waals surface area contributed by atoms with Crippen LogP contribution in [0.25, 0.3) is 22.2 Å². The minimum atomic E-state index is 0.0275. The molecule has 1 aliphatic heterocycles. The molecule has 0 saturated carbocycles. The molecule has 2 aromatic carbocycles. The fourth-order valence-electron chi connectivity index (χ4n) is 2.96. The molecule has 2 N–H and O–H groups in total. The van der Waals surface area contributed by atoms with Gasteiger partial charge in [0.05, 0.1) is 17.8 Å². The molecule has 0 bridgehead atoms. The summed E-state index contributed by atoms with van der Waals surface area (Å²) < 4.78 is 1.02. The van der Waals surface area contributed by atoms with Crippen LogP contribution < -0.4 is 5.32 Å². The van der Waals surface area contributed by atoms with E-state index < -0.39 is 0 Å². The van der Waals surface area contributed by atoms with E-state index in [1.807, 2.05) is 24.3 Å². The fraction of sp³-hybridized carbons (Fsp3) is 0.118. The number of nitrogens with one attached hydrogen (secondary N) is 2. The maximum Gasteiger partial charge on any atom is 0.228 e.